The molecule has 0 aliphatic rings. The summed E-state index contributed by atoms with van der Waals surface area (Å²) in [6.07, 6.45) is 1.81. The van der Waals surface area contributed by atoms with Crippen molar-refractivity contribution in [1.29, 1.82) is 0 Å². The Hall–Kier alpha value is -1.97. The third-order valence-corrected chi connectivity index (χ3v) is 2.98. The standard InChI is InChI=1S/C13H17N3O/c1-9(11-5-4-6-12(17)7-11)15-13-8-14-16(3)10(13)2/h4-9,15,17H,1-3H3/t9-/m0/s1. The van der Waals surface area contributed by atoms with Gasteiger partial charge in [-0.15, -0.1) is 0 Å². The van der Waals surface area contributed by atoms with Crippen LogP contribution in [0.3, 0.4) is 0 Å². The van der Waals surface area contributed by atoms with E-state index in [4.69, 9.17) is 0 Å². The van der Waals surface area contributed by atoms with Crippen LogP contribution in [0.25, 0.3) is 0 Å². The highest BCUT2D eigenvalue weighted by atomic mass is 16.3. The minimum atomic E-state index is 0.130. The van der Waals surface area contributed by atoms with E-state index in [9.17, 15) is 5.11 Å². The van der Waals surface area contributed by atoms with Gasteiger partial charge in [-0.2, -0.15) is 5.10 Å². The van der Waals surface area contributed by atoms with Crippen LogP contribution in [0.5, 0.6) is 5.75 Å². The smallest absolute Gasteiger partial charge is 0.115 e. The predicted octanol–water partition coefficient (Wildman–Crippen LogP) is 2.61. The number of anilines is 1. The number of rotatable bonds is 3. The van der Waals surface area contributed by atoms with Crippen molar-refractivity contribution in [1.82, 2.24) is 9.78 Å². The molecule has 4 heteroatoms. The van der Waals surface area contributed by atoms with Gasteiger partial charge in [0.2, 0.25) is 0 Å². The van der Waals surface area contributed by atoms with Crippen LogP contribution in [-0.4, -0.2) is 14.9 Å². The molecule has 0 spiro atoms. The number of nitrogens with one attached hydrogen (secondary N) is 1. The highest BCUT2D eigenvalue weighted by Gasteiger charge is 2.09. The summed E-state index contributed by atoms with van der Waals surface area (Å²) >= 11 is 0. The summed E-state index contributed by atoms with van der Waals surface area (Å²) in [4.78, 5) is 0. The topological polar surface area (TPSA) is 50.1 Å². The average molecular weight is 231 g/mol. The van der Waals surface area contributed by atoms with Gasteiger partial charge in [0.05, 0.1) is 17.6 Å². The number of aromatic nitrogens is 2. The Balaban J connectivity index is 2.17. The maximum atomic E-state index is 9.44. The van der Waals surface area contributed by atoms with E-state index < -0.39 is 0 Å². The summed E-state index contributed by atoms with van der Waals surface area (Å²) in [5.41, 5.74) is 3.16. The fourth-order valence-electron chi connectivity index (χ4n) is 1.75. The van der Waals surface area contributed by atoms with E-state index in [0.717, 1.165) is 16.9 Å². The van der Waals surface area contributed by atoms with Crippen LogP contribution >= 0.6 is 0 Å². The van der Waals surface area contributed by atoms with Crippen molar-refractivity contribution in [2.24, 2.45) is 7.05 Å². The first-order valence-corrected chi connectivity index (χ1v) is 5.62. The molecule has 1 atom stereocenters. The molecule has 0 aliphatic heterocycles. The molecule has 0 saturated carbocycles. The number of hydrogen-bond acceptors (Lipinski definition) is 3. The SMILES string of the molecule is Cc1c(N[C@@H](C)c2cccc(O)c2)cnn1C. The van der Waals surface area contributed by atoms with Crippen LogP contribution < -0.4 is 5.32 Å². The first-order valence-electron chi connectivity index (χ1n) is 5.62. The number of aromatic hydroxyl groups is 1. The number of aryl methyl sites for hydroxylation is 1. The number of benzene rings is 1. The highest BCUT2D eigenvalue weighted by molar-refractivity contribution is 5.48. The van der Waals surface area contributed by atoms with Crippen molar-refractivity contribution in [2.75, 3.05) is 5.32 Å². The van der Waals surface area contributed by atoms with Gasteiger partial charge in [0.1, 0.15) is 5.75 Å². The van der Waals surface area contributed by atoms with Gasteiger partial charge in [-0.25, -0.2) is 0 Å². The minimum absolute atomic E-state index is 0.130. The zero-order valence-electron chi connectivity index (χ0n) is 10.3. The molecule has 1 aromatic carbocycles. The van der Waals surface area contributed by atoms with Gasteiger partial charge >= 0.3 is 0 Å². The van der Waals surface area contributed by atoms with E-state index in [-0.39, 0.29) is 6.04 Å². The van der Waals surface area contributed by atoms with Gasteiger partial charge in [0, 0.05) is 13.1 Å². The van der Waals surface area contributed by atoms with E-state index in [1.807, 2.05) is 37.0 Å². The van der Waals surface area contributed by atoms with E-state index in [2.05, 4.69) is 17.3 Å². The summed E-state index contributed by atoms with van der Waals surface area (Å²) < 4.78 is 1.83. The quantitative estimate of drug-likeness (QED) is 0.853. The Bertz CT molecular complexity index is 519. The third kappa shape index (κ3) is 2.41. The van der Waals surface area contributed by atoms with Gasteiger partial charge in [-0.3, -0.25) is 4.68 Å². The van der Waals surface area contributed by atoms with Crippen LogP contribution in [0.4, 0.5) is 5.69 Å². The van der Waals surface area contributed by atoms with Crippen molar-refractivity contribution in [3.05, 3.63) is 41.7 Å². The number of phenolic OH excluding ortho intramolecular Hbond substituents is 1. The van der Waals surface area contributed by atoms with Crippen LogP contribution in [0.15, 0.2) is 30.5 Å². The summed E-state index contributed by atoms with van der Waals surface area (Å²) in [6, 6.07) is 7.40. The highest BCUT2D eigenvalue weighted by Crippen LogP contribution is 2.23. The molecule has 4 nitrogen and oxygen atoms in total. The zero-order valence-corrected chi connectivity index (χ0v) is 10.3. The molecule has 1 heterocycles. The lowest BCUT2D eigenvalue weighted by atomic mass is 10.1. The fourth-order valence-corrected chi connectivity index (χ4v) is 1.75. The molecular formula is C13H17N3O. The molecule has 17 heavy (non-hydrogen) atoms. The lowest BCUT2D eigenvalue weighted by Crippen LogP contribution is -2.07. The second-order valence-corrected chi connectivity index (χ2v) is 4.23. The van der Waals surface area contributed by atoms with Crippen molar-refractivity contribution in [3.8, 4) is 5.75 Å². The van der Waals surface area contributed by atoms with Gasteiger partial charge < -0.3 is 10.4 Å². The van der Waals surface area contributed by atoms with Crippen molar-refractivity contribution in [3.63, 3.8) is 0 Å². The van der Waals surface area contributed by atoms with Crippen LogP contribution in [-0.2, 0) is 7.05 Å². The van der Waals surface area contributed by atoms with Crippen molar-refractivity contribution in [2.45, 2.75) is 19.9 Å². The second kappa shape index (κ2) is 4.49. The molecular weight excluding hydrogens is 214 g/mol. The summed E-state index contributed by atoms with van der Waals surface area (Å²) in [7, 11) is 1.92. The van der Waals surface area contributed by atoms with Gasteiger partial charge in [-0.1, -0.05) is 12.1 Å². The van der Waals surface area contributed by atoms with Crippen LogP contribution in [0, 0.1) is 6.92 Å². The molecule has 90 valence electrons. The molecule has 1 aromatic heterocycles. The van der Waals surface area contributed by atoms with Gasteiger partial charge in [0.25, 0.3) is 0 Å². The third-order valence-electron chi connectivity index (χ3n) is 2.98. The Morgan fingerprint density at radius 1 is 1.41 bits per heavy atom. The normalized spacial score (nSPS) is 12.4. The predicted molar refractivity (Wildman–Crippen MR) is 68.1 cm³/mol. The molecule has 0 bridgehead atoms. The van der Waals surface area contributed by atoms with E-state index in [0.29, 0.717) is 5.75 Å². The molecule has 0 fully saturated rings. The van der Waals surface area contributed by atoms with E-state index >= 15 is 0 Å². The molecule has 0 aliphatic carbocycles. The molecule has 0 amide bonds. The minimum Gasteiger partial charge on any atom is -0.508 e. The largest absolute Gasteiger partial charge is 0.508 e. The van der Waals surface area contributed by atoms with Gasteiger partial charge in [-0.05, 0) is 31.5 Å². The lowest BCUT2D eigenvalue weighted by Gasteiger charge is -2.15. The monoisotopic (exact) mass is 231 g/mol. The summed E-state index contributed by atoms with van der Waals surface area (Å²) in [5.74, 6) is 0.291. The first-order chi connectivity index (χ1) is 8.08. The second-order valence-electron chi connectivity index (χ2n) is 4.23. The van der Waals surface area contributed by atoms with Crippen LogP contribution in [0.2, 0.25) is 0 Å². The van der Waals surface area contributed by atoms with Gasteiger partial charge in [0.15, 0.2) is 0 Å². The van der Waals surface area contributed by atoms with E-state index in [1.165, 1.54) is 0 Å². The van der Waals surface area contributed by atoms with E-state index in [1.54, 1.807) is 12.1 Å². The fraction of sp³-hybridized carbons (Fsp3) is 0.308. The zero-order chi connectivity index (χ0) is 12.4. The summed E-state index contributed by atoms with van der Waals surface area (Å²) in [5, 5.41) is 17.0. The Labute approximate surface area is 101 Å². The molecule has 2 rings (SSSR count). The Kier molecular flexibility index (Phi) is 3.04. The molecule has 0 saturated heterocycles. The lowest BCUT2D eigenvalue weighted by molar-refractivity contribution is 0.474. The molecule has 2 N–H and O–H groups in total. The Morgan fingerprint density at radius 2 is 2.18 bits per heavy atom. The first kappa shape index (κ1) is 11.5. The number of phenols is 1. The maximum absolute atomic E-state index is 9.44. The van der Waals surface area contributed by atoms with Crippen molar-refractivity contribution < 1.29 is 5.11 Å². The number of hydrogen-bond donors (Lipinski definition) is 2. The molecule has 0 unspecified atom stereocenters. The molecule has 0 radical (unpaired) electrons. The van der Waals surface area contributed by atoms with Crippen molar-refractivity contribution >= 4 is 5.69 Å². The summed E-state index contributed by atoms with van der Waals surface area (Å²) in [6.45, 7) is 4.08. The number of nitrogens with zero attached hydrogens (tertiary/aromatic N) is 2. The Morgan fingerprint density at radius 3 is 2.76 bits per heavy atom. The molecule has 2 aromatic rings. The van der Waals surface area contributed by atoms with Crippen LogP contribution in [0.1, 0.15) is 24.2 Å². The average Bonchev–Trinajstić information content (AvgIpc) is 2.61. The maximum Gasteiger partial charge on any atom is 0.115 e.